The molecule has 0 bridgehead atoms. The number of nitrogens with zero attached hydrogens (tertiary/aromatic N) is 6. The second-order valence-electron chi connectivity index (χ2n) is 9.99. The van der Waals surface area contributed by atoms with E-state index in [-0.39, 0.29) is 39.2 Å². The molecule has 4 aromatic rings. The number of carbonyl (C=O) groups is 2. The third kappa shape index (κ3) is 5.25. The van der Waals surface area contributed by atoms with E-state index < -0.39 is 33.9 Å². The second-order valence-corrected chi connectivity index (χ2v) is 12.5. The van der Waals surface area contributed by atoms with Crippen LogP contribution in [0.4, 0.5) is 18.9 Å². The first-order chi connectivity index (χ1) is 20.4. The molecule has 0 unspecified atom stereocenters. The fraction of sp³-hybridized carbons (Fsp3) is 0.308. The molecule has 2 aliphatic heterocycles. The molecule has 1 fully saturated rings. The number of aromatic nitrogens is 5. The van der Waals surface area contributed by atoms with Crippen molar-refractivity contribution in [1.82, 2.24) is 29.0 Å². The molecule has 5 heterocycles. The number of carbonyl (C=O) groups excluding carboxylic acids is 2. The molecule has 1 saturated heterocycles. The minimum atomic E-state index is -4.59. The summed E-state index contributed by atoms with van der Waals surface area (Å²) in [6.45, 7) is 0.272. The molecule has 43 heavy (non-hydrogen) atoms. The maximum Gasteiger partial charge on any atom is 0.416 e. The number of rotatable bonds is 4. The van der Waals surface area contributed by atoms with Gasteiger partial charge in [-0.3, -0.25) is 14.4 Å². The number of halogens is 5. The van der Waals surface area contributed by atoms with Crippen LogP contribution in [0, 0.1) is 0 Å². The highest BCUT2D eigenvalue weighted by atomic mass is 79.9. The van der Waals surface area contributed by atoms with Gasteiger partial charge < -0.3 is 19.9 Å². The van der Waals surface area contributed by atoms with Crippen molar-refractivity contribution in [3.63, 3.8) is 0 Å². The number of piperidine rings is 1. The maximum absolute atomic E-state index is 13.8. The highest BCUT2D eigenvalue weighted by Crippen LogP contribution is 2.52. The van der Waals surface area contributed by atoms with Gasteiger partial charge >= 0.3 is 6.18 Å². The highest BCUT2D eigenvalue weighted by molar-refractivity contribution is 9.10. The smallest absolute Gasteiger partial charge is 0.416 e. The van der Waals surface area contributed by atoms with Crippen LogP contribution in [-0.2, 0) is 28.0 Å². The van der Waals surface area contributed by atoms with Gasteiger partial charge in [-0.05, 0) is 59.1 Å². The van der Waals surface area contributed by atoms with Crippen molar-refractivity contribution < 1.29 is 27.9 Å². The number of nitrogens with one attached hydrogen (secondary N) is 1. The fourth-order valence-corrected chi connectivity index (χ4v) is 7.51. The van der Waals surface area contributed by atoms with Gasteiger partial charge in [-0.25, -0.2) is 4.98 Å². The summed E-state index contributed by atoms with van der Waals surface area (Å²) in [5, 5.41) is 16.5. The van der Waals surface area contributed by atoms with E-state index in [2.05, 4.69) is 36.3 Å². The normalized spacial score (nSPS) is 16.1. The molecule has 2 aliphatic rings. The number of amides is 2. The van der Waals surface area contributed by atoms with Crippen molar-refractivity contribution in [2.75, 3.05) is 18.4 Å². The Morgan fingerprint density at radius 1 is 1.21 bits per heavy atom. The lowest BCUT2D eigenvalue weighted by Gasteiger charge is -2.38. The largest absolute Gasteiger partial charge is 0.505 e. The molecule has 6 rings (SSSR count). The van der Waals surface area contributed by atoms with Crippen molar-refractivity contribution in [1.29, 1.82) is 0 Å². The van der Waals surface area contributed by atoms with Crippen LogP contribution in [0.25, 0.3) is 5.78 Å². The van der Waals surface area contributed by atoms with Gasteiger partial charge in [-0.15, -0.1) is 16.9 Å². The predicted molar refractivity (Wildman–Crippen MR) is 154 cm³/mol. The Morgan fingerprint density at radius 2 is 1.95 bits per heavy atom. The zero-order chi connectivity index (χ0) is 30.7. The van der Waals surface area contributed by atoms with Gasteiger partial charge in [0.15, 0.2) is 5.69 Å². The number of thioether (sulfide) groups is 1. The molecule has 0 saturated carbocycles. The molecule has 1 spiro atoms. The molecule has 3 aromatic heterocycles. The molecular weight excluding hydrogens is 679 g/mol. The Bertz CT molecular complexity index is 1860. The summed E-state index contributed by atoms with van der Waals surface area (Å²) in [6.07, 6.45) is -2.32. The van der Waals surface area contributed by atoms with Crippen LogP contribution in [0.1, 0.15) is 40.2 Å². The average molecular weight is 699 g/mol. The average Bonchev–Trinajstić information content (AvgIpc) is 3.53. The molecule has 2 amide bonds. The second kappa shape index (κ2) is 10.8. The summed E-state index contributed by atoms with van der Waals surface area (Å²) in [4.78, 5) is 49.8. The van der Waals surface area contributed by atoms with Crippen LogP contribution < -0.4 is 10.9 Å². The van der Waals surface area contributed by atoms with Crippen LogP contribution in [-0.4, -0.2) is 59.1 Å². The van der Waals surface area contributed by atoms with E-state index in [4.69, 9.17) is 11.6 Å². The van der Waals surface area contributed by atoms with Gasteiger partial charge in [0.1, 0.15) is 12.3 Å². The summed E-state index contributed by atoms with van der Waals surface area (Å²) < 4.78 is 41.2. The minimum Gasteiger partial charge on any atom is -0.505 e. The van der Waals surface area contributed by atoms with Crippen molar-refractivity contribution in [3.05, 3.63) is 79.2 Å². The van der Waals surface area contributed by atoms with Crippen LogP contribution in [0.5, 0.6) is 5.75 Å². The monoisotopic (exact) mass is 697 g/mol. The number of benzene rings is 1. The number of aromatic hydroxyl groups is 1. The molecule has 0 radical (unpaired) electrons. The molecule has 0 atom stereocenters. The highest BCUT2D eigenvalue weighted by Gasteiger charge is 2.47. The summed E-state index contributed by atoms with van der Waals surface area (Å²) >= 11 is 10.8. The Hall–Kier alpha value is -3.63. The zero-order valence-corrected chi connectivity index (χ0v) is 25.0. The van der Waals surface area contributed by atoms with E-state index >= 15 is 0 Å². The quantitative estimate of drug-likeness (QED) is 0.320. The van der Waals surface area contributed by atoms with Crippen molar-refractivity contribution in [2.24, 2.45) is 0 Å². The van der Waals surface area contributed by atoms with Crippen LogP contribution in [0.2, 0.25) is 5.02 Å². The Morgan fingerprint density at radius 3 is 2.63 bits per heavy atom. The molecule has 1 aromatic carbocycles. The molecule has 0 aliphatic carbocycles. The number of hydrogen-bond donors (Lipinski definition) is 2. The summed E-state index contributed by atoms with van der Waals surface area (Å²) in [5.41, 5.74) is -0.367. The number of anilines is 1. The molecular formula is C26H20BrClF3N7O4S. The number of hydrogen-bond acceptors (Lipinski definition) is 8. The minimum absolute atomic E-state index is 0.00199. The van der Waals surface area contributed by atoms with E-state index in [0.717, 1.165) is 22.7 Å². The van der Waals surface area contributed by atoms with E-state index in [1.807, 2.05) is 0 Å². The van der Waals surface area contributed by atoms with Crippen molar-refractivity contribution in [3.8, 4) is 5.75 Å². The Kier molecular flexibility index (Phi) is 7.41. The number of pyridine rings is 1. The fourth-order valence-electron chi connectivity index (χ4n) is 5.43. The first kappa shape index (κ1) is 29.4. The zero-order valence-electron chi connectivity index (χ0n) is 21.9. The van der Waals surface area contributed by atoms with Crippen molar-refractivity contribution in [2.45, 2.75) is 36.1 Å². The number of alkyl halides is 3. The van der Waals surface area contributed by atoms with Gasteiger partial charge in [-0.2, -0.15) is 22.7 Å². The number of fused-ring (bicyclic) bond motifs is 3. The molecule has 11 nitrogen and oxygen atoms in total. The van der Waals surface area contributed by atoms with Crippen LogP contribution >= 0.6 is 39.3 Å². The van der Waals surface area contributed by atoms with Crippen LogP contribution in [0.15, 0.2) is 46.1 Å². The SMILES string of the molecule is O=C(Cn1c2c(c(=O)n3nc(Br)nc13)C1(CCN(C(=O)c3ncccc3O)CC1)SC2)Nc1ccc(C(F)(F)F)cc1Cl. The van der Waals surface area contributed by atoms with E-state index in [1.54, 1.807) is 9.47 Å². The van der Waals surface area contributed by atoms with E-state index in [0.29, 0.717) is 42.9 Å². The predicted octanol–water partition coefficient (Wildman–Crippen LogP) is 4.44. The third-order valence-corrected chi connectivity index (χ3v) is 9.72. The van der Waals surface area contributed by atoms with Gasteiger partial charge in [0.2, 0.25) is 16.4 Å². The topological polar surface area (TPSA) is 135 Å². The van der Waals surface area contributed by atoms with Crippen molar-refractivity contribution >= 4 is 62.6 Å². The lowest BCUT2D eigenvalue weighted by Crippen LogP contribution is -2.45. The van der Waals surface area contributed by atoms with Gasteiger partial charge in [0, 0.05) is 30.7 Å². The summed E-state index contributed by atoms with van der Waals surface area (Å²) in [7, 11) is 0. The third-order valence-electron chi connectivity index (χ3n) is 7.49. The Balaban J connectivity index is 1.30. The summed E-state index contributed by atoms with van der Waals surface area (Å²) in [6, 6.07) is 5.54. The molecule has 2 N–H and O–H groups in total. The lowest BCUT2D eigenvalue weighted by atomic mass is 9.88. The standard InChI is InChI=1S/C26H20BrClF3N7O4S/c27-23-34-24-37(11-18(40)33-15-4-3-13(10-14(15)28)26(29,30)31)16-12-43-25(19(16)21(41)38(24)35-23)5-8-36(9-6-25)22(42)20-17(39)2-1-7-32-20/h1-4,7,10,39H,5-6,8-9,11-12H2,(H,33,40). The van der Waals surface area contributed by atoms with Gasteiger partial charge in [0.05, 0.1) is 26.6 Å². The summed E-state index contributed by atoms with van der Waals surface area (Å²) in [5.74, 6) is -0.751. The first-order valence-electron chi connectivity index (χ1n) is 12.8. The van der Waals surface area contributed by atoms with E-state index in [1.165, 1.54) is 30.1 Å². The Labute approximate surface area is 258 Å². The van der Waals surface area contributed by atoms with Gasteiger partial charge in [-0.1, -0.05) is 11.6 Å². The first-order valence-corrected chi connectivity index (χ1v) is 15.0. The lowest BCUT2D eigenvalue weighted by molar-refractivity contribution is -0.137. The maximum atomic E-state index is 13.8. The van der Waals surface area contributed by atoms with Gasteiger partial charge in [0.25, 0.3) is 11.5 Å². The molecule has 17 heteroatoms. The molecule has 224 valence electrons. The number of likely N-dealkylation sites (tertiary alicyclic amines) is 1. The van der Waals surface area contributed by atoms with E-state index in [9.17, 15) is 32.7 Å². The van der Waals surface area contributed by atoms with Crippen LogP contribution in [0.3, 0.4) is 0 Å².